The van der Waals surface area contributed by atoms with Gasteiger partial charge in [-0.15, -0.1) is 0 Å². The molecule has 2 fully saturated rings. The zero-order chi connectivity index (χ0) is 18.5. The average Bonchev–Trinajstić information content (AvgIpc) is 3.14. The molecule has 138 valence electrons. The second-order valence-corrected chi connectivity index (χ2v) is 7.30. The molecule has 4 rings (SSSR count). The summed E-state index contributed by atoms with van der Waals surface area (Å²) in [6, 6.07) is 5.10. The van der Waals surface area contributed by atoms with E-state index in [-0.39, 0.29) is 29.6 Å². The van der Waals surface area contributed by atoms with Crippen LogP contribution >= 0.6 is 0 Å². The first kappa shape index (κ1) is 17.1. The van der Waals surface area contributed by atoms with Crippen molar-refractivity contribution in [3.63, 3.8) is 0 Å². The fourth-order valence-electron chi connectivity index (χ4n) is 4.31. The molecule has 0 N–H and O–H groups in total. The van der Waals surface area contributed by atoms with Gasteiger partial charge in [0.05, 0.1) is 17.8 Å². The number of fused-ring (bicyclic) bond motifs is 2. The van der Waals surface area contributed by atoms with Crippen molar-refractivity contribution in [1.29, 1.82) is 0 Å². The van der Waals surface area contributed by atoms with Gasteiger partial charge in [0.1, 0.15) is 0 Å². The Kier molecular flexibility index (Phi) is 4.04. The van der Waals surface area contributed by atoms with Crippen molar-refractivity contribution in [1.82, 2.24) is 14.7 Å². The van der Waals surface area contributed by atoms with E-state index >= 15 is 0 Å². The van der Waals surface area contributed by atoms with Crippen LogP contribution in [0.4, 0.5) is 13.2 Å². The van der Waals surface area contributed by atoms with Gasteiger partial charge in [-0.05, 0) is 56.4 Å². The lowest BCUT2D eigenvalue weighted by molar-refractivity contribution is -0.137. The van der Waals surface area contributed by atoms with Crippen LogP contribution in [0.1, 0.15) is 53.2 Å². The van der Waals surface area contributed by atoms with Crippen LogP contribution in [-0.2, 0) is 6.18 Å². The summed E-state index contributed by atoms with van der Waals surface area (Å²) in [5.74, 6) is -0.293. The SMILES string of the molecule is Cc1cnn(C2CC3CCC(C2)N3C(=O)c2cccc(C(F)(F)F)c2)c1. The first-order valence-corrected chi connectivity index (χ1v) is 8.83. The number of piperidine rings is 1. The third-order valence-electron chi connectivity index (χ3n) is 5.48. The number of amides is 1. The third-order valence-corrected chi connectivity index (χ3v) is 5.48. The van der Waals surface area contributed by atoms with E-state index in [2.05, 4.69) is 5.10 Å². The molecule has 2 aliphatic heterocycles. The fraction of sp³-hybridized carbons (Fsp3) is 0.474. The second kappa shape index (κ2) is 6.14. The number of aromatic nitrogens is 2. The van der Waals surface area contributed by atoms with E-state index in [0.29, 0.717) is 0 Å². The predicted molar refractivity (Wildman–Crippen MR) is 89.7 cm³/mol. The number of alkyl halides is 3. The van der Waals surface area contributed by atoms with Gasteiger partial charge in [0, 0.05) is 23.8 Å². The highest BCUT2D eigenvalue weighted by atomic mass is 19.4. The highest BCUT2D eigenvalue weighted by Crippen LogP contribution is 2.41. The van der Waals surface area contributed by atoms with Crippen LogP contribution in [0.25, 0.3) is 0 Å². The molecule has 0 aliphatic carbocycles. The van der Waals surface area contributed by atoms with Gasteiger partial charge in [0.2, 0.25) is 0 Å². The lowest BCUT2D eigenvalue weighted by atomic mass is 9.96. The second-order valence-electron chi connectivity index (χ2n) is 7.30. The molecule has 0 saturated carbocycles. The molecule has 1 aromatic carbocycles. The Morgan fingerprint density at radius 2 is 1.85 bits per heavy atom. The number of nitrogens with zero attached hydrogens (tertiary/aromatic N) is 3. The lowest BCUT2D eigenvalue weighted by Crippen LogP contribution is -2.47. The van der Waals surface area contributed by atoms with Crippen molar-refractivity contribution in [2.45, 2.75) is 56.9 Å². The molecule has 2 saturated heterocycles. The first-order valence-electron chi connectivity index (χ1n) is 8.83. The highest BCUT2D eigenvalue weighted by Gasteiger charge is 2.44. The van der Waals surface area contributed by atoms with Crippen LogP contribution in [0.15, 0.2) is 36.7 Å². The molecule has 2 aliphatic rings. The smallest absolute Gasteiger partial charge is 0.333 e. The minimum absolute atomic E-state index is 0.0605. The number of carbonyl (C=O) groups excluding carboxylic acids is 1. The highest BCUT2D eigenvalue weighted by molar-refractivity contribution is 5.95. The number of aryl methyl sites for hydroxylation is 1. The van der Waals surface area contributed by atoms with Gasteiger partial charge in [-0.1, -0.05) is 6.07 Å². The summed E-state index contributed by atoms with van der Waals surface area (Å²) < 4.78 is 40.8. The van der Waals surface area contributed by atoms with Gasteiger partial charge in [-0.25, -0.2) is 0 Å². The van der Waals surface area contributed by atoms with E-state index in [4.69, 9.17) is 0 Å². The zero-order valence-electron chi connectivity index (χ0n) is 14.4. The molecule has 1 amide bonds. The molecule has 2 aromatic rings. The molecule has 2 atom stereocenters. The van der Waals surface area contributed by atoms with Crippen molar-refractivity contribution in [3.8, 4) is 0 Å². The van der Waals surface area contributed by atoms with Gasteiger partial charge >= 0.3 is 6.18 Å². The summed E-state index contributed by atoms with van der Waals surface area (Å²) in [4.78, 5) is 14.7. The molecule has 1 aromatic heterocycles. The van der Waals surface area contributed by atoms with Gasteiger partial charge < -0.3 is 4.90 Å². The molecule has 4 nitrogen and oxygen atoms in total. The Bertz CT molecular complexity index is 815. The molecule has 2 unspecified atom stereocenters. The summed E-state index contributed by atoms with van der Waals surface area (Å²) in [6.07, 6.45) is 2.76. The van der Waals surface area contributed by atoms with Crippen molar-refractivity contribution < 1.29 is 18.0 Å². The topological polar surface area (TPSA) is 38.1 Å². The number of hydrogen-bond donors (Lipinski definition) is 0. The lowest BCUT2D eigenvalue weighted by Gasteiger charge is -2.39. The Labute approximate surface area is 149 Å². The number of halogens is 3. The first-order chi connectivity index (χ1) is 12.3. The van der Waals surface area contributed by atoms with Crippen LogP contribution in [0.5, 0.6) is 0 Å². The van der Waals surface area contributed by atoms with Crippen LogP contribution in [0.3, 0.4) is 0 Å². The fourth-order valence-corrected chi connectivity index (χ4v) is 4.31. The van der Waals surface area contributed by atoms with Gasteiger partial charge in [-0.2, -0.15) is 18.3 Å². The van der Waals surface area contributed by atoms with Crippen LogP contribution in [-0.4, -0.2) is 32.7 Å². The monoisotopic (exact) mass is 363 g/mol. The maximum atomic E-state index is 12.9. The van der Waals surface area contributed by atoms with E-state index in [9.17, 15) is 18.0 Å². The maximum Gasteiger partial charge on any atom is 0.416 e. The largest absolute Gasteiger partial charge is 0.416 e. The van der Waals surface area contributed by atoms with E-state index < -0.39 is 11.7 Å². The quantitative estimate of drug-likeness (QED) is 0.801. The number of rotatable bonds is 2. The Hall–Kier alpha value is -2.31. The molecule has 7 heteroatoms. The third kappa shape index (κ3) is 2.99. The maximum absolute atomic E-state index is 12.9. The van der Waals surface area contributed by atoms with Crippen molar-refractivity contribution >= 4 is 5.91 Å². The summed E-state index contributed by atoms with van der Waals surface area (Å²) in [6.45, 7) is 1.99. The summed E-state index contributed by atoms with van der Waals surface area (Å²) in [5.41, 5.74) is 0.433. The van der Waals surface area contributed by atoms with E-state index in [1.54, 1.807) is 0 Å². The molecular formula is C19H20F3N3O. The van der Waals surface area contributed by atoms with Gasteiger partial charge in [0.15, 0.2) is 0 Å². The summed E-state index contributed by atoms with van der Waals surface area (Å²) >= 11 is 0. The van der Waals surface area contributed by atoms with E-state index in [1.165, 1.54) is 12.1 Å². The average molecular weight is 363 g/mol. The van der Waals surface area contributed by atoms with E-state index in [0.717, 1.165) is 43.4 Å². The predicted octanol–water partition coefficient (Wildman–Crippen LogP) is 4.22. The zero-order valence-corrected chi connectivity index (χ0v) is 14.4. The van der Waals surface area contributed by atoms with Crippen LogP contribution < -0.4 is 0 Å². The van der Waals surface area contributed by atoms with Crippen LogP contribution in [0, 0.1) is 6.92 Å². The Morgan fingerprint density at radius 3 is 2.42 bits per heavy atom. The Balaban J connectivity index is 1.55. The molecule has 2 bridgehead atoms. The van der Waals surface area contributed by atoms with Crippen molar-refractivity contribution in [3.05, 3.63) is 53.3 Å². The molecule has 0 radical (unpaired) electrons. The number of benzene rings is 1. The summed E-state index contributed by atoms with van der Waals surface area (Å²) in [5, 5.41) is 4.39. The number of hydrogen-bond acceptors (Lipinski definition) is 2. The molecular weight excluding hydrogens is 343 g/mol. The number of carbonyl (C=O) groups is 1. The van der Waals surface area contributed by atoms with Crippen molar-refractivity contribution in [2.24, 2.45) is 0 Å². The van der Waals surface area contributed by atoms with E-state index in [1.807, 2.05) is 28.9 Å². The Morgan fingerprint density at radius 1 is 1.15 bits per heavy atom. The molecule has 26 heavy (non-hydrogen) atoms. The van der Waals surface area contributed by atoms with Gasteiger partial charge in [-0.3, -0.25) is 9.48 Å². The molecule has 0 spiro atoms. The van der Waals surface area contributed by atoms with Crippen LogP contribution in [0.2, 0.25) is 0 Å². The van der Waals surface area contributed by atoms with Crippen molar-refractivity contribution in [2.75, 3.05) is 0 Å². The summed E-state index contributed by atoms with van der Waals surface area (Å²) in [7, 11) is 0. The standard InChI is InChI=1S/C19H20F3N3O/c1-12-10-23-24(11-12)17-8-15-5-6-16(9-17)25(15)18(26)13-3-2-4-14(7-13)19(20,21)22/h2-4,7,10-11,15-17H,5-6,8-9H2,1H3. The van der Waals surface area contributed by atoms with Gasteiger partial charge in [0.25, 0.3) is 5.91 Å². The minimum Gasteiger partial charge on any atom is -0.333 e. The normalized spacial score (nSPS) is 25.5. The minimum atomic E-state index is -4.44. The molecule has 3 heterocycles.